The number of alkyl halides is 1. The number of anilines is 1. The van der Waals surface area contributed by atoms with Crippen LogP contribution in [-0.2, 0) is 14.8 Å². The number of nitrogens with zero attached hydrogens (tertiary/aromatic N) is 4. The molecule has 32 heavy (non-hydrogen) atoms. The van der Waals surface area contributed by atoms with Crippen LogP contribution >= 0.6 is 0 Å². The van der Waals surface area contributed by atoms with Crippen LogP contribution in [0.2, 0.25) is 0 Å². The number of rotatable bonds is 7. The molecule has 2 aromatic rings. The lowest BCUT2D eigenvalue weighted by Crippen LogP contribution is -2.62. The van der Waals surface area contributed by atoms with Gasteiger partial charge in [0.1, 0.15) is 6.61 Å². The van der Waals surface area contributed by atoms with E-state index < -0.39 is 21.9 Å². The number of aromatic nitrogens is 2. The van der Waals surface area contributed by atoms with Gasteiger partial charge in [-0.2, -0.15) is 9.29 Å². The third-order valence-electron chi connectivity index (χ3n) is 5.62. The van der Waals surface area contributed by atoms with Crippen LogP contribution in [0, 0.1) is 0 Å². The van der Waals surface area contributed by atoms with Gasteiger partial charge in [-0.3, -0.25) is 0 Å². The molecule has 3 heterocycles. The first-order chi connectivity index (χ1) is 15.4. The van der Waals surface area contributed by atoms with Gasteiger partial charge in [0.05, 0.1) is 23.6 Å². The average Bonchev–Trinajstić information content (AvgIpc) is 3.25. The average molecular weight is 461 g/mol. The van der Waals surface area contributed by atoms with E-state index in [4.69, 9.17) is 9.47 Å². The van der Waals surface area contributed by atoms with Gasteiger partial charge in [0.25, 0.3) is 0 Å². The Kier molecular flexibility index (Phi) is 6.27. The monoisotopic (exact) mass is 460 g/mol. The Morgan fingerprint density at radius 2 is 2.06 bits per heavy atom. The molecule has 0 bridgehead atoms. The predicted octanol–water partition coefficient (Wildman–Crippen LogP) is 2.65. The molecule has 2 saturated heterocycles. The zero-order valence-corrected chi connectivity index (χ0v) is 18.4. The lowest BCUT2D eigenvalue weighted by atomic mass is 9.99. The molecule has 0 aliphatic carbocycles. The maximum absolute atomic E-state index is 15.6. The van der Waals surface area contributed by atoms with E-state index in [0.29, 0.717) is 23.9 Å². The van der Waals surface area contributed by atoms with Crippen LogP contribution in [0.15, 0.2) is 60.7 Å². The fraction of sp³-hybridized carbons (Fsp3) is 0.364. The summed E-state index contributed by atoms with van der Waals surface area (Å²) < 4.78 is 54.6. The highest BCUT2D eigenvalue weighted by Gasteiger charge is 2.57. The summed E-state index contributed by atoms with van der Waals surface area (Å²) in [6.07, 6.45) is 3.26. The van der Waals surface area contributed by atoms with Crippen molar-refractivity contribution in [3.8, 4) is 5.88 Å². The molecule has 1 aromatic carbocycles. The van der Waals surface area contributed by atoms with Crippen LogP contribution in [0.25, 0.3) is 6.08 Å². The van der Waals surface area contributed by atoms with E-state index in [0.717, 1.165) is 4.31 Å². The van der Waals surface area contributed by atoms with E-state index in [1.807, 2.05) is 0 Å². The highest BCUT2D eigenvalue weighted by atomic mass is 32.2. The Hall–Kier alpha value is -2.82. The minimum atomic E-state index is -3.91. The lowest BCUT2D eigenvalue weighted by Gasteiger charge is -2.44. The molecule has 1 aromatic heterocycles. The number of hydrogen-bond acceptors (Lipinski definition) is 7. The SMILES string of the molecule is C=CCOc1nc(N2CCC3(OCCN3S(=O)(=O)c3ccccc3)C(F)C2)ncc1C=C. The second-order valence-corrected chi connectivity index (χ2v) is 9.34. The van der Waals surface area contributed by atoms with Crippen molar-refractivity contribution in [1.29, 1.82) is 0 Å². The number of piperidine rings is 1. The van der Waals surface area contributed by atoms with Crippen molar-refractivity contribution in [3.05, 3.63) is 61.3 Å². The summed E-state index contributed by atoms with van der Waals surface area (Å²) in [5, 5.41) is 0. The molecule has 10 heteroatoms. The molecule has 2 atom stereocenters. The van der Waals surface area contributed by atoms with Crippen LogP contribution in [0.1, 0.15) is 12.0 Å². The first kappa shape index (κ1) is 22.4. The fourth-order valence-corrected chi connectivity index (χ4v) is 5.76. The predicted molar refractivity (Wildman–Crippen MR) is 119 cm³/mol. The van der Waals surface area contributed by atoms with Gasteiger partial charge in [-0.1, -0.05) is 43.5 Å². The smallest absolute Gasteiger partial charge is 0.245 e. The molecular weight excluding hydrogens is 435 g/mol. The maximum Gasteiger partial charge on any atom is 0.245 e. The summed E-state index contributed by atoms with van der Waals surface area (Å²) in [6, 6.07) is 8.02. The van der Waals surface area contributed by atoms with Crippen molar-refractivity contribution in [2.24, 2.45) is 0 Å². The minimum Gasteiger partial charge on any atom is -0.473 e. The third-order valence-corrected chi connectivity index (χ3v) is 7.56. The van der Waals surface area contributed by atoms with Gasteiger partial charge in [0, 0.05) is 25.7 Å². The summed E-state index contributed by atoms with van der Waals surface area (Å²) in [7, 11) is -3.91. The van der Waals surface area contributed by atoms with Crippen LogP contribution in [0.4, 0.5) is 10.3 Å². The Morgan fingerprint density at radius 3 is 2.75 bits per heavy atom. The molecule has 2 fully saturated rings. The van der Waals surface area contributed by atoms with E-state index in [9.17, 15) is 8.42 Å². The van der Waals surface area contributed by atoms with E-state index in [-0.39, 0.29) is 37.6 Å². The molecule has 170 valence electrons. The topological polar surface area (TPSA) is 84.9 Å². The number of sulfonamides is 1. The molecule has 1 spiro atoms. The van der Waals surface area contributed by atoms with Crippen molar-refractivity contribution in [1.82, 2.24) is 14.3 Å². The van der Waals surface area contributed by atoms with Gasteiger partial charge < -0.3 is 14.4 Å². The molecule has 2 aliphatic heterocycles. The van der Waals surface area contributed by atoms with E-state index in [2.05, 4.69) is 23.1 Å². The molecule has 0 saturated carbocycles. The number of halogens is 1. The molecule has 2 aliphatic rings. The fourth-order valence-electron chi connectivity index (χ4n) is 4.03. The second kappa shape index (κ2) is 8.97. The molecule has 8 nitrogen and oxygen atoms in total. The van der Waals surface area contributed by atoms with E-state index in [1.165, 1.54) is 12.1 Å². The number of ether oxygens (including phenoxy) is 2. The second-order valence-electron chi connectivity index (χ2n) is 7.48. The van der Waals surface area contributed by atoms with Crippen molar-refractivity contribution in [2.45, 2.75) is 23.2 Å². The minimum absolute atomic E-state index is 0.0989. The largest absolute Gasteiger partial charge is 0.473 e. The first-order valence-electron chi connectivity index (χ1n) is 10.3. The van der Waals surface area contributed by atoms with Crippen molar-refractivity contribution in [2.75, 3.05) is 37.7 Å². The molecule has 0 N–H and O–H groups in total. The highest BCUT2D eigenvalue weighted by molar-refractivity contribution is 7.89. The Bertz CT molecular complexity index is 1100. The van der Waals surface area contributed by atoms with Crippen molar-refractivity contribution in [3.63, 3.8) is 0 Å². The first-order valence-corrected chi connectivity index (χ1v) is 11.7. The summed E-state index contributed by atoms with van der Waals surface area (Å²) in [4.78, 5) is 10.5. The molecule has 0 radical (unpaired) electrons. The zero-order valence-electron chi connectivity index (χ0n) is 17.6. The van der Waals surface area contributed by atoms with Gasteiger partial charge in [0.15, 0.2) is 11.9 Å². The van der Waals surface area contributed by atoms with Crippen LogP contribution in [0.3, 0.4) is 0 Å². The quantitative estimate of drug-likeness (QED) is 0.587. The molecule has 0 amide bonds. The summed E-state index contributed by atoms with van der Waals surface area (Å²) >= 11 is 0. The molecular formula is C22H25FN4O4S. The Labute approximate surface area is 187 Å². The summed E-state index contributed by atoms with van der Waals surface area (Å²) in [5.41, 5.74) is -0.936. The number of hydrogen-bond donors (Lipinski definition) is 0. The Balaban J connectivity index is 1.58. The number of benzene rings is 1. The normalized spacial score (nSPS) is 23.9. The zero-order chi connectivity index (χ0) is 22.8. The van der Waals surface area contributed by atoms with Crippen molar-refractivity contribution < 1.29 is 22.3 Å². The standard InChI is InChI=1S/C22H25FN4O4S/c1-3-13-30-20-17(4-2)15-24-21(25-20)26-11-10-22(19(23)16-26)27(12-14-31-22)32(28,29)18-8-6-5-7-9-18/h3-9,15,19H,1-2,10-14,16H2. The molecule has 2 unspecified atom stereocenters. The molecule has 4 rings (SSSR count). The van der Waals surface area contributed by atoms with Crippen LogP contribution in [-0.4, -0.2) is 67.4 Å². The van der Waals surface area contributed by atoms with E-state index >= 15 is 4.39 Å². The van der Waals surface area contributed by atoms with Crippen LogP contribution < -0.4 is 9.64 Å². The van der Waals surface area contributed by atoms with Gasteiger partial charge in [0.2, 0.25) is 21.9 Å². The third kappa shape index (κ3) is 3.89. The van der Waals surface area contributed by atoms with Crippen LogP contribution in [0.5, 0.6) is 5.88 Å². The van der Waals surface area contributed by atoms with Crippen molar-refractivity contribution >= 4 is 22.0 Å². The van der Waals surface area contributed by atoms with Gasteiger partial charge >= 0.3 is 0 Å². The lowest BCUT2D eigenvalue weighted by molar-refractivity contribution is -0.116. The summed E-state index contributed by atoms with van der Waals surface area (Å²) in [5.74, 6) is 0.619. The highest BCUT2D eigenvalue weighted by Crippen LogP contribution is 2.40. The van der Waals surface area contributed by atoms with E-state index in [1.54, 1.807) is 41.4 Å². The van der Waals surface area contributed by atoms with Gasteiger partial charge in [-0.15, -0.1) is 0 Å². The Morgan fingerprint density at radius 1 is 1.28 bits per heavy atom. The maximum atomic E-state index is 15.6. The summed E-state index contributed by atoms with van der Waals surface area (Å²) in [6.45, 7) is 8.03. The van der Waals surface area contributed by atoms with Gasteiger partial charge in [-0.25, -0.2) is 17.8 Å². The van der Waals surface area contributed by atoms with Gasteiger partial charge in [-0.05, 0) is 12.1 Å².